The van der Waals surface area contributed by atoms with E-state index in [2.05, 4.69) is 10.00 Å². The van der Waals surface area contributed by atoms with Crippen molar-refractivity contribution in [2.75, 3.05) is 39.4 Å². The molecule has 2 aliphatic heterocycles. The second-order valence-electron chi connectivity index (χ2n) is 7.57. The van der Waals surface area contributed by atoms with Gasteiger partial charge < -0.3 is 9.64 Å². The highest BCUT2D eigenvalue weighted by atomic mass is 16.5. The van der Waals surface area contributed by atoms with E-state index in [0.717, 1.165) is 63.0 Å². The number of likely N-dealkylation sites (tertiary alicyclic amines) is 1. The van der Waals surface area contributed by atoms with E-state index in [9.17, 15) is 9.59 Å². The maximum atomic E-state index is 12.4. The Balaban J connectivity index is 1.38. The van der Waals surface area contributed by atoms with Crippen molar-refractivity contribution in [3.8, 4) is 0 Å². The van der Waals surface area contributed by atoms with Gasteiger partial charge in [0.05, 0.1) is 31.9 Å². The average Bonchev–Trinajstić information content (AvgIpc) is 3.21. The van der Waals surface area contributed by atoms with Gasteiger partial charge in [0.15, 0.2) is 0 Å². The topological polar surface area (TPSA) is 67.7 Å². The Labute approximate surface area is 153 Å². The van der Waals surface area contributed by atoms with Gasteiger partial charge in [0, 0.05) is 31.7 Å². The molecule has 0 bridgehead atoms. The van der Waals surface area contributed by atoms with Crippen LogP contribution in [0.1, 0.15) is 36.9 Å². The van der Waals surface area contributed by atoms with Crippen LogP contribution >= 0.6 is 0 Å². The van der Waals surface area contributed by atoms with E-state index in [0.29, 0.717) is 38.8 Å². The molecule has 4 rings (SSSR count). The van der Waals surface area contributed by atoms with Crippen LogP contribution in [0.2, 0.25) is 0 Å². The molecule has 1 aliphatic carbocycles. The van der Waals surface area contributed by atoms with Crippen molar-refractivity contribution in [1.82, 2.24) is 19.6 Å². The predicted molar refractivity (Wildman–Crippen MR) is 97.1 cm³/mol. The molecule has 0 saturated carbocycles. The van der Waals surface area contributed by atoms with Gasteiger partial charge in [-0.15, -0.1) is 0 Å². The summed E-state index contributed by atoms with van der Waals surface area (Å²) in [6.07, 6.45) is 5.79. The monoisotopic (exact) mass is 360 g/mol. The first-order chi connectivity index (χ1) is 12.7. The fraction of sp³-hybridized carbons (Fsp3) is 0.737. The second-order valence-corrected chi connectivity index (χ2v) is 7.57. The molecule has 3 aliphatic rings. The molecule has 0 radical (unpaired) electrons. The molecule has 7 heteroatoms. The maximum Gasteiger partial charge on any atom is 0.267 e. The highest BCUT2D eigenvalue weighted by Crippen LogP contribution is 2.20. The molecule has 142 valence electrons. The van der Waals surface area contributed by atoms with Gasteiger partial charge in [0.25, 0.3) is 5.56 Å². The molecule has 1 aromatic heterocycles. The Morgan fingerprint density at radius 1 is 1.08 bits per heavy atom. The summed E-state index contributed by atoms with van der Waals surface area (Å²) in [4.78, 5) is 28.8. The largest absolute Gasteiger partial charge is 0.379 e. The molecule has 1 atom stereocenters. The molecule has 1 aromatic rings. The lowest BCUT2D eigenvalue weighted by Crippen LogP contribution is -2.43. The van der Waals surface area contributed by atoms with Gasteiger partial charge in [0.2, 0.25) is 5.91 Å². The number of carbonyl (C=O) groups excluding carboxylic acids is 1. The summed E-state index contributed by atoms with van der Waals surface area (Å²) in [5.41, 5.74) is 2.26. The summed E-state index contributed by atoms with van der Waals surface area (Å²) < 4.78 is 7.06. The number of ether oxygens (including phenoxy) is 1. The summed E-state index contributed by atoms with van der Waals surface area (Å²) in [7, 11) is 0. The second kappa shape index (κ2) is 7.88. The van der Waals surface area contributed by atoms with Crippen molar-refractivity contribution >= 4 is 5.91 Å². The van der Waals surface area contributed by atoms with Crippen LogP contribution in [0.3, 0.4) is 0 Å². The number of hydrogen-bond donors (Lipinski definition) is 0. The Morgan fingerprint density at radius 3 is 2.92 bits per heavy atom. The fourth-order valence-electron chi connectivity index (χ4n) is 4.37. The lowest BCUT2D eigenvalue weighted by Gasteiger charge is -2.28. The average molecular weight is 360 g/mol. The van der Waals surface area contributed by atoms with Crippen LogP contribution in [0.5, 0.6) is 0 Å². The molecule has 2 fully saturated rings. The Bertz CT molecular complexity index is 717. The van der Waals surface area contributed by atoms with Crippen molar-refractivity contribution in [1.29, 1.82) is 0 Å². The highest BCUT2D eigenvalue weighted by molar-refractivity contribution is 5.76. The molecule has 1 unspecified atom stereocenters. The molecule has 1 amide bonds. The first kappa shape index (κ1) is 17.7. The number of aromatic nitrogens is 2. The number of fused-ring (bicyclic) bond motifs is 1. The summed E-state index contributed by atoms with van der Waals surface area (Å²) >= 11 is 0. The van der Waals surface area contributed by atoms with E-state index in [1.165, 1.54) is 0 Å². The van der Waals surface area contributed by atoms with Gasteiger partial charge in [0.1, 0.15) is 0 Å². The van der Waals surface area contributed by atoms with E-state index in [1.807, 2.05) is 4.90 Å². The molecular weight excluding hydrogens is 332 g/mol. The van der Waals surface area contributed by atoms with Crippen LogP contribution in [-0.4, -0.2) is 70.9 Å². The van der Waals surface area contributed by atoms with Gasteiger partial charge in [-0.2, -0.15) is 5.10 Å². The van der Waals surface area contributed by atoms with E-state index in [-0.39, 0.29) is 11.5 Å². The number of amides is 1. The lowest BCUT2D eigenvalue weighted by atomic mass is 10.2. The fourth-order valence-corrected chi connectivity index (χ4v) is 4.37. The molecule has 0 N–H and O–H groups in total. The minimum atomic E-state index is 0.0253. The lowest BCUT2D eigenvalue weighted by molar-refractivity contribution is -0.130. The van der Waals surface area contributed by atoms with Crippen LogP contribution in [0.4, 0.5) is 0 Å². The number of aryl methyl sites for hydroxylation is 2. The first-order valence-corrected chi connectivity index (χ1v) is 9.90. The van der Waals surface area contributed by atoms with Crippen molar-refractivity contribution in [3.63, 3.8) is 0 Å². The number of rotatable bonds is 5. The van der Waals surface area contributed by atoms with Crippen molar-refractivity contribution in [2.45, 2.75) is 51.1 Å². The van der Waals surface area contributed by atoms with Gasteiger partial charge in [-0.1, -0.05) is 0 Å². The van der Waals surface area contributed by atoms with Crippen LogP contribution in [0, 0.1) is 0 Å². The van der Waals surface area contributed by atoms with E-state index < -0.39 is 0 Å². The maximum absolute atomic E-state index is 12.4. The molecule has 3 heterocycles. The summed E-state index contributed by atoms with van der Waals surface area (Å²) in [5, 5.41) is 4.62. The zero-order chi connectivity index (χ0) is 17.9. The van der Waals surface area contributed by atoms with Crippen LogP contribution in [0.25, 0.3) is 0 Å². The number of hydrogen-bond acceptors (Lipinski definition) is 5. The zero-order valence-electron chi connectivity index (χ0n) is 15.4. The third-order valence-corrected chi connectivity index (χ3v) is 5.88. The van der Waals surface area contributed by atoms with Crippen LogP contribution in [0.15, 0.2) is 10.9 Å². The Morgan fingerprint density at radius 2 is 2.00 bits per heavy atom. The highest BCUT2D eigenvalue weighted by Gasteiger charge is 2.27. The van der Waals surface area contributed by atoms with E-state index >= 15 is 0 Å². The SMILES string of the molecule is O=C1CCOCCN1CCN1CCCC1Cn1nc2c(cc1=O)CCC2. The summed E-state index contributed by atoms with van der Waals surface area (Å²) in [6.45, 7) is 5.13. The van der Waals surface area contributed by atoms with Gasteiger partial charge in [-0.25, -0.2) is 4.68 Å². The minimum absolute atomic E-state index is 0.0253. The number of carbonyl (C=O) groups is 1. The van der Waals surface area contributed by atoms with Gasteiger partial charge in [-0.3, -0.25) is 14.5 Å². The Kier molecular flexibility index (Phi) is 5.36. The van der Waals surface area contributed by atoms with E-state index in [4.69, 9.17) is 4.74 Å². The Hall–Kier alpha value is -1.73. The van der Waals surface area contributed by atoms with Crippen molar-refractivity contribution in [3.05, 3.63) is 27.7 Å². The molecule has 7 nitrogen and oxygen atoms in total. The minimum Gasteiger partial charge on any atom is -0.379 e. The smallest absolute Gasteiger partial charge is 0.267 e. The van der Waals surface area contributed by atoms with Crippen molar-refractivity contribution in [2.24, 2.45) is 0 Å². The number of nitrogens with zero attached hydrogens (tertiary/aromatic N) is 4. The molecular formula is C19H28N4O3. The summed E-state index contributed by atoms with van der Waals surface area (Å²) in [6, 6.07) is 2.11. The van der Waals surface area contributed by atoms with Gasteiger partial charge >= 0.3 is 0 Å². The summed E-state index contributed by atoms with van der Waals surface area (Å²) in [5.74, 6) is 0.190. The quantitative estimate of drug-likeness (QED) is 0.763. The molecule has 2 saturated heterocycles. The third kappa shape index (κ3) is 3.83. The molecule has 0 spiro atoms. The third-order valence-electron chi connectivity index (χ3n) is 5.88. The van der Waals surface area contributed by atoms with Crippen molar-refractivity contribution < 1.29 is 9.53 Å². The van der Waals surface area contributed by atoms with Crippen LogP contribution in [-0.2, 0) is 28.9 Å². The van der Waals surface area contributed by atoms with E-state index in [1.54, 1.807) is 10.7 Å². The molecule has 0 aromatic carbocycles. The van der Waals surface area contributed by atoms with Crippen LogP contribution < -0.4 is 5.56 Å². The zero-order valence-corrected chi connectivity index (χ0v) is 15.4. The standard InChI is InChI=1S/C19H28N4O3/c24-18-6-11-26-12-10-22(18)9-8-21-7-2-4-16(21)14-23-19(25)13-15-3-1-5-17(15)20-23/h13,16H,1-12,14H2. The predicted octanol–water partition coefficient (Wildman–Crippen LogP) is 0.445. The normalized spacial score (nSPS) is 24.1. The first-order valence-electron chi connectivity index (χ1n) is 9.90. The van der Waals surface area contributed by atoms with Gasteiger partial charge in [-0.05, 0) is 44.2 Å². The molecule has 26 heavy (non-hydrogen) atoms.